The Morgan fingerprint density at radius 1 is 1.13 bits per heavy atom. The van der Waals surface area contributed by atoms with Crippen molar-refractivity contribution >= 4 is 34.3 Å². The maximum absolute atomic E-state index is 12.4. The molecule has 2 aromatic heterocycles. The van der Waals surface area contributed by atoms with E-state index in [0.29, 0.717) is 10.7 Å². The second kappa shape index (κ2) is 8.65. The third-order valence-corrected chi connectivity index (χ3v) is 5.67. The van der Waals surface area contributed by atoms with E-state index < -0.39 is 5.97 Å². The molecule has 0 saturated heterocycles. The zero-order valence-electron chi connectivity index (χ0n) is 17.3. The molecule has 0 unspecified atom stereocenters. The van der Waals surface area contributed by atoms with Gasteiger partial charge in [-0.2, -0.15) is 0 Å². The Labute approximate surface area is 183 Å². The molecule has 0 radical (unpaired) electrons. The summed E-state index contributed by atoms with van der Waals surface area (Å²) in [6.45, 7) is 3.88. The molecule has 158 valence electrons. The van der Waals surface area contributed by atoms with E-state index in [2.05, 4.69) is 20.2 Å². The maximum atomic E-state index is 12.4. The number of thioether (sulfide) groups is 1. The van der Waals surface area contributed by atoms with Crippen LogP contribution in [0.3, 0.4) is 0 Å². The van der Waals surface area contributed by atoms with Gasteiger partial charge in [0.25, 0.3) is 0 Å². The van der Waals surface area contributed by atoms with Gasteiger partial charge >= 0.3 is 5.97 Å². The smallest absolute Gasteiger partial charge is 0.345 e. The molecule has 2 heterocycles. The van der Waals surface area contributed by atoms with Crippen LogP contribution in [0.5, 0.6) is 0 Å². The molecule has 0 atom stereocenters. The highest BCUT2D eigenvalue weighted by Gasteiger charge is 2.23. The number of esters is 1. The summed E-state index contributed by atoms with van der Waals surface area (Å²) >= 11 is 1.26. The summed E-state index contributed by atoms with van der Waals surface area (Å²) in [5, 5.41) is 19.8. The third-order valence-electron chi connectivity index (χ3n) is 4.73. The van der Waals surface area contributed by atoms with Crippen molar-refractivity contribution in [1.82, 2.24) is 24.7 Å². The molecule has 0 fully saturated rings. The lowest BCUT2D eigenvalue weighted by Gasteiger charge is -2.10. The van der Waals surface area contributed by atoms with Crippen molar-refractivity contribution in [3.05, 3.63) is 71.5 Å². The number of aliphatic hydroxyl groups excluding tert-OH is 1. The van der Waals surface area contributed by atoms with E-state index in [1.54, 1.807) is 0 Å². The van der Waals surface area contributed by atoms with Crippen LogP contribution in [0.2, 0.25) is 0 Å². The van der Waals surface area contributed by atoms with Crippen molar-refractivity contribution in [3.63, 3.8) is 0 Å². The van der Waals surface area contributed by atoms with Crippen LogP contribution in [-0.4, -0.2) is 48.7 Å². The fourth-order valence-electron chi connectivity index (χ4n) is 3.16. The molecular formula is C22H21N5O3S. The number of para-hydroxylation sites is 2. The minimum Gasteiger partial charge on any atom is -0.510 e. The topological polar surface area (TPSA) is 106 Å². The predicted molar refractivity (Wildman–Crippen MR) is 119 cm³/mol. The van der Waals surface area contributed by atoms with Gasteiger partial charge in [0.05, 0.1) is 23.9 Å². The lowest BCUT2D eigenvalue weighted by molar-refractivity contribution is -0.133. The molecule has 4 rings (SSSR count). The summed E-state index contributed by atoms with van der Waals surface area (Å²) in [7, 11) is 1.27. The zero-order chi connectivity index (χ0) is 22.0. The van der Waals surface area contributed by atoms with Crippen LogP contribution >= 0.6 is 11.8 Å². The van der Waals surface area contributed by atoms with E-state index in [0.717, 1.165) is 22.6 Å². The summed E-state index contributed by atoms with van der Waals surface area (Å²) in [5.74, 6) is 0.230. The average molecular weight is 436 g/mol. The first-order valence-corrected chi connectivity index (χ1v) is 10.5. The van der Waals surface area contributed by atoms with Gasteiger partial charge < -0.3 is 14.8 Å². The first kappa shape index (κ1) is 20.7. The molecule has 2 N–H and O–H groups in total. The number of H-pyrrole nitrogens is 1. The molecule has 8 nitrogen and oxygen atoms in total. The molecule has 0 aliphatic rings. The molecule has 0 amide bonds. The number of fused-ring (bicyclic) bond motifs is 1. The van der Waals surface area contributed by atoms with Crippen molar-refractivity contribution < 1.29 is 14.6 Å². The molecule has 4 aromatic rings. The number of nitrogens with zero attached hydrogens (tertiary/aromatic N) is 4. The number of aryl methyl sites for hydroxylation is 2. The number of hydrogen-bond acceptors (Lipinski definition) is 7. The first-order valence-electron chi connectivity index (χ1n) is 9.55. The van der Waals surface area contributed by atoms with E-state index in [1.165, 1.54) is 18.9 Å². The van der Waals surface area contributed by atoms with Crippen LogP contribution in [0, 0.1) is 13.8 Å². The Bertz CT molecular complexity index is 1240. The van der Waals surface area contributed by atoms with Gasteiger partial charge in [-0.1, -0.05) is 41.6 Å². The number of ether oxygens (including phenoxy) is 1. The van der Waals surface area contributed by atoms with E-state index in [-0.39, 0.29) is 22.9 Å². The van der Waals surface area contributed by atoms with Crippen molar-refractivity contribution in [2.24, 2.45) is 0 Å². The largest absolute Gasteiger partial charge is 0.510 e. The SMILES string of the molecule is COC(=O)/C(=C(/O)CSc1nnc(C)n1-c1ccc(C)cc1)c1nc2ccccc2[nH]1. The summed E-state index contributed by atoms with van der Waals surface area (Å²) in [4.78, 5) is 19.9. The molecule has 2 aromatic carbocycles. The highest BCUT2D eigenvalue weighted by molar-refractivity contribution is 7.99. The van der Waals surface area contributed by atoms with Gasteiger partial charge in [0.1, 0.15) is 23.0 Å². The number of aliphatic hydroxyl groups is 1. The van der Waals surface area contributed by atoms with Crippen LogP contribution < -0.4 is 0 Å². The number of carbonyl (C=O) groups is 1. The third kappa shape index (κ3) is 4.17. The molecule has 0 aliphatic carbocycles. The fraction of sp³-hybridized carbons (Fsp3) is 0.182. The monoisotopic (exact) mass is 435 g/mol. The zero-order valence-corrected chi connectivity index (χ0v) is 18.1. The molecule has 0 aliphatic heterocycles. The number of aromatic nitrogens is 5. The number of rotatable bonds is 6. The molecule has 0 saturated carbocycles. The number of nitrogens with one attached hydrogen (secondary N) is 1. The Hall–Kier alpha value is -3.59. The quantitative estimate of drug-likeness (QED) is 0.204. The average Bonchev–Trinajstić information content (AvgIpc) is 3.36. The van der Waals surface area contributed by atoms with Gasteiger partial charge in [0.15, 0.2) is 5.16 Å². The van der Waals surface area contributed by atoms with Gasteiger partial charge in [-0.15, -0.1) is 10.2 Å². The van der Waals surface area contributed by atoms with Crippen molar-refractivity contribution in [2.75, 3.05) is 12.9 Å². The lowest BCUT2D eigenvalue weighted by Crippen LogP contribution is -2.10. The minimum absolute atomic E-state index is 0.00989. The maximum Gasteiger partial charge on any atom is 0.345 e. The van der Waals surface area contributed by atoms with Gasteiger partial charge in [-0.3, -0.25) is 4.57 Å². The van der Waals surface area contributed by atoms with Crippen LogP contribution in [0.25, 0.3) is 22.3 Å². The fourth-order valence-corrected chi connectivity index (χ4v) is 4.03. The van der Waals surface area contributed by atoms with Crippen LogP contribution in [0.4, 0.5) is 0 Å². The molecule has 9 heteroatoms. The van der Waals surface area contributed by atoms with Gasteiger partial charge in [-0.05, 0) is 38.1 Å². The number of aromatic amines is 1. The highest BCUT2D eigenvalue weighted by atomic mass is 32.2. The van der Waals surface area contributed by atoms with Crippen LogP contribution in [0.15, 0.2) is 59.4 Å². The van der Waals surface area contributed by atoms with Crippen molar-refractivity contribution in [2.45, 2.75) is 19.0 Å². The standard InChI is InChI=1S/C22H21N5O3S/c1-13-8-10-15(11-9-13)27-14(2)25-26-22(27)31-12-18(28)19(21(29)30-3)20-23-16-6-4-5-7-17(16)24-20/h4-11,28H,12H2,1-3H3,(H,23,24)/b19-18+. The normalized spacial score (nSPS) is 12.1. The number of hydrogen-bond donors (Lipinski definition) is 2. The lowest BCUT2D eigenvalue weighted by atomic mass is 10.2. The number of carbonyl (C=O) groups excluding carboxylic acids is 1. The summed E-state index contributed by atoms with van der Waals surface area (Å²) in [5.41, 5.74) is 3.51. The summed E-state index contributed by atoms with van der Waals surface area (Å²) in [6, 6.07) is 15.4. The summed E-state index contributed by atoms with van der Waals surface area (Å²) in [6.07, 6.45) is 0. The Kier molecular flexibility index (Phi) is 5.77. The predicted octanol–water partition coefficient (Wildman–Crippen LogP) is 3.99. The van der Waals surface area contributed by atoms with E-state index in [1.807, 2.05) is 66.9 Å². The molecular weight excluding hydrogens is 414 g/mol. The number of benzene rings is 2. The highest BCUT2D eigenvalue weighted by Crippen LogP contribution is 2.27. The summed E-state index contributed by atoms with van der Waals surface area (Å²) < 4.78 is 6.78. The number of methoxy groups -OCH3 is 1. The second-order valence-electron chi connectivity index (χ2n) is 6.91. The van der Waals surface area contributed by atoms with Crippen molar-refractivity contribution in [1.29, 1.82) is 0 Å². The van der Waals surface area contributed by atoms with E-state index in [4.69, 9.17) is 4.74 Å². The van der Waals surface area contributed by atoms with Crippen LogP contribution in [0.1, 0.15) is 17.2 Å². The Balaban J connectivity index is 1.66. The molecule has 0 bridgehead atoms. The van der Waals surface area contributed by atoms with Crippen molar-refractivity contribution in [3.8, 4) is 5.69 Å². The minimum atomic E-state index is -0.673. The first-order chi connectivity index (χ1) is 15.0. The Morgan fingerprint density at radius 2 is 1.87 bits per heavy atom. The van der Waals surface area contributed by atoms with Crippen LogP contribution in [-0.2, 0) is 9.53 Å². The van der Waals surface area contributed by atoms with E-state index in [9.17, 15) is 9.90 Å². The van der Waals surface area contributed by atoms with Gasteiger partial charge in [0, 0.05) is 5.69 Å². The molecule has 31 heavy (non-hydrogen) atoms. The Morgan fingerprint density at radius 3 is 2.58 bits per heavy atom. The molecule has 0 spiro atoms. The van der Waals surface area contributed by atoms with Gasteiger partial charge in [-0.25, -0.2) is 9.78 Å². The second-order valence-corrected chi connectivity index (χ2v) is 7.85. The number of imidazole rings is 1. The van der Waals surface area contributed by atoms with Gasteiger partial charge in [0.2, 0.25) is 0 Å². The van der Waals surface area contributed by atoms with E-state index >= 15 is 0 Å².